The third-order valence-electron chi connectivity index (χ3n) is 1.88. The van der Waals surface area contributed by atoms with Crippen LogP contribution in [0, 0.1) is 11.3 Å². The number of carbonyl (C=O) groups is 1. The number of nitriles is 1. The molecule has 0 aromatic rings. The molecule has 0 unspecified atom stereocenters. The van der Waals surface area contributed by atoms with Crippen molar-refractivity contribution in [2.75, 3.05) is 13.1 Å². The van der Waals surface area contributed by atoms with E-state index in [1.807, 2.05) is 0 Å². The molecule has 0 bridgehead atoms. The fraction of sp³-hybridized carbons (Fsp3) is 0.714. The second-order valence-electron chi connectivity index (χ2n) is 2.76. The van der Waals surface area contributed by atoms with Crippen LogP contribution in [0.5, 0.6) is 0 Å². The van der Waals surface area contributed by atoms with Gasteiger partial charge in [0.1, 0.15) is 0 Å². The monoisotopic (exact) mass is 174 g/mol. The van der Waals surface area contributed by atoms with Gasteiger partial charge in [0, 0.05) is 25.9 Å². The number of alkyl halides is 2. The normalized spacial score (nSPS) is 21.6. The van der Waals surface area contributed by atoms with Gasteiger partial charge in [0.05, 0.1) is 0 Å². The number of rotatable bonds is 0. The number of hydrogen-bond acceptors (Lipinski definition) is 2. The minimum absolute atomic E-state index is 0.0145. The van der Waals surface area contributed by atoms with Crippen LogP contribution in [0.25, 0.3) is 0 Å². The summed E-state index contributed by atoms with van der Waals surface area (Å²) >= 11 is 0. The second kappa shape index (κ2) is 3.05. The van der Waals surface area contributed by atoms with Crippen LogP contribution in [0.4, 0.5) is 8.78 Å². The molecule has 66 valence electrons. The molecule has 0 spiro atoms. The van der Waals surface area contributed by atoms with Gasteiger partial charge in [-0.1, -0.05) is 0 Å². The van der Waals surface area contributed by atoms with E-state index >= 15 is 0 Å². The first-order chi connectivity index (χ1) is 5.55. The zero-order valence-corrected chi connectivity index (χ0v) is 6.39. The first-order valence-corrected chi connectivity index (χ1v) is 3.62. The molecule has 0 radical (unpaired) electrons. The van der Waals surface area contributed by atoms with E-state index in [0.29, 0.717) is 0 Å². The van der Waals surface area contributed by atoms with E-state index in [1.54, 1.807) is 0 Å². The number of likely N-dealkylation sites (tertiary alicyclic amines) is 1. The molecule has 1 aliphatic heterocycles. The predicted octanol–water partition coefficient (Wildman–Crippen LogP) is 0.768. The van der Waals surface area contributed by atoms with E-state index in [9.17, 15) is 13.6 Å². The van der Waals surface area contributed by atoms with Gasteiger partial charge in [-0.25, -0.2) is 8.78 Å². The smallest absolute Gasteiger partial charge is 0.324 e. The molecule has 3 nitrogen and oxygen atoms in total. The molecule has 1 heterocycles. The minimum atomic E-state index is -2.66. The van der Waals surface area contributed by atoms with E-state index in [-0.39, 0.29) is 25.9 Å². The summed E-state index contributed by atoms with van der Waals surface area (Å²) < 4.78 is 25.0. The number of hydrogen-bond donors (Lipinski definition) is 0. The van der Waals surface area contributed by atoms with Crippen LogP contribution in [-0.4, -0.2) is 29.8 Å². The number of piperidine rings is 1. The molecule has 1 aliphatic rings. The van der Waals surface area contributed by atoms with Crippen molar-refractivity contribution in [3.8, 4) is 6.07 Å². The van der Waals surface area contributed by atoms with Crippen molar-refractivity contribution in [3.63, 3.8) is 0 Å². The Morgan fingerprint density at radius 3 is 2.33 bits per heavy atom. The standard InChI is InChI=1S/C7H8F2N2O/c8-7(9)1-3-11(4-2-7)6(12)5-10/h1-4H2. The minimum Gasteiger partial charge on any atom is -0.330 e. The van der Waals surface area contributed by atoms with Crippen molar-refractivity contribution in [3.05, 3.63) is 0 Å². The van der Waals surface area contributed by atoms with E-state index in [1.165, 1.54) is 6.07 Å². The quantitative estimate of drug-likeness (QED) is 0.509. The molecular formula is C7H8F2N2O. The Kier molecular flexibility index (Phi) is 2.27. The highest BCUT2D eigenvalue weighted by molar-refractivity contribution is 5.91. The molecule has 1 saturated heterocycles. The topological polar surface area (TPSA) is 44.1 Å². The summed E-state index contributed by atoms with van der Waals surface area (Å²) in [4.78, 5) is 11.8. The lowest BCUT2D eigenvalue weighted by Gasteiger charge is -2.29. The predicted molar refractivity (Wildman–Crippen MR) is 36.4 cm³/mol. The highest BCUT2D eigenvalue weighted by Gasteiger charge is 2.35. The second-order valence-corrected chi connectivity index (χ2v) is 2.76. The zero-order chi connectivity index (χ0) is 9.19. The Morgan fingerprint density at radius 1 is 1.42 bits per heavy atom. The largest absolute Gasteiger partial charge is 0.330 e. The Labute approximate surface area is 68.6 Å². The summed E-state index contributed by atoms with van der Waals surface area (Å²) in [7, 11) is 0. The Morgan fingerprint density at radius 2 is 1.92 bits per heavy atom. The van der Waals surface area contributed by atoms with E-state index in [2.05, 4.69) is 0 Å². The molecule has 0 atom stereocenters. The van der Waals surface area contributed by atoms with Crippen LogP contribution in [0.3, 0.4) is 0 Å². The fourth-order valence-electron chi connectivity index (χ4n) is 1.11. The summed E-state index contributed by atoms with van der Waals surface area (Å²) in [6.45, 7) is -0.0290. The van der Waals surface area contributed by atoms with E-state index in [0.717, 1.165) is 4.90 Å². The third-order valence-corrected chi connectivity index (χ3v) is 1.88. The lowest BCUT2D eigenvalue weighted by Crippen LogP contribution is -2.42. The molecule has 0 N–H and O–H groups in total. The Hall–Kier alpha value is -1.18. The third kappa shape index (κ3) is 1.91. The van der Waals surface area contributed by atoms with Gasteiger partial charge in [-0.2, -0.15) is 5.26 Å². The van der Waals surface area contributed by atoms with Gasteiger partial charge in [-0.3, -0.25) is 4.79 Å². The maximum atomic E-state index is 12.5. The summed E-state index contributed by atoms with van der Waals surface area (Å²) in [5, 5.41) is 8.19. The van der Waals surface area contributed by atoms with Crippen molar-refractivity contribution >= 4 is 5.91 Å². The molecule has 0 aromatic carbocycles. The lowest BCUT2D eigenvalue weighted by atomic mass is 10.1. The van der Waals surface area contributed by atoms with Gasteiger partial charge in [0.25, 0.3) is 5.92 Å². The van der Waals surface area contributed by atoms with Crippen LogP contribution in [0.2, 0.25) is 0 Å². The average Bonchev–Trinajstić information content (AvgIpc) is 2.03. The van der Waals surface area contributed by atoms with Crippen molar-refractivity contribution in [1.29, 1.82) is 5.26 Å². The molecule has 1 amide bonds. The molecule has 5 heteroatoms. The molecule has 1 fully saturated rings. The molecule has 12 heavy (non-hydrogen) atoms. The van der Waals surface area contributed by atoms with Gasteiger partial charge in [-0.15, -0.1) is 0 Å². The number of amides is 1. The van der Waals surface area contributed by atoms with Crippen LogP contribution in [0.15, 0.2) is 0 Å². The molecule has 1 rings (SSSR count). The van der Waals surface area contributed by atoms with E-state index in [4.69, 9.17) is 5.26 Å². The first-order valence-electron chi connectivity index (χ1n) is 3.62. The van der Waals surface area contributed by atoms with Gasteiger partial charge in [-0.05, 0) is 0 Å². The molecule has 0 aromatic heterocycles. The van der Waals surface area contributed by atoms with Gasteiger partial charge < -0.3 is 4.90 Å². The number of nitrogens with zero attached hydrogens (tertiary/aromatic N) is 2. The van der Waals surface area contributed by atoms with Gasteiger partial charge in [0.2, 0.25) is 0 Å². The van der Waals surface area contributed by atoms with Gasteiger partial charge in [0.15, 0.2) is 6.07 Å². The summed E-state index contributed by atoms with van der Waals surface area (Å²) in [5.41, 5.74) is 0. The van der Waals surface area contributed by atoms with Crippen molar-refractivity contribution < 1.29 is 13.6 Å². The van der Waals surface area contributed by atoms with Crippen molar-refractivity contribution in [1.82, 2.24) is 4.90 Å². The maximum Gasteiger partial charge on any atom is 0.324 e. The van der Waals surface area contributed by atoms with E-state index < -0.39 is 11.8 Å². The Bertz CT molecular complexity index is 224. The summed E-state index contributed by atoms with van der Waals surface area (Å²) in [6, 6.07) is 1.40. The number of halogens is 2. The highest BCUT2D eigenvalue weighted by Crippen LogP contribution is 2.27. The molecule has 0 aliphatic carbocycles. The number of carbonyl (C=O) groups excluding carboxylic acids is 1. The van der Waals surface area contributed by atoms with Crippen LogP contribution >= 0.6 is 0 Å². The lowest BCUT2D eigenvalue weighted by molar-refractivity contribution is -0.131. The van der Waals surface area contributed by atoms with Crippen LogP contribution in [-0.2, 0) is 4.79 Å². The highest BCUT2D eigenvalue weighted by atomic mass is 19.3. The molecule has 0 saturated carbocycles. The summed E-state index contributed by atoms with van der Waals surface area (Å²) in [6.07, 6.45) is -0.666. The Balaban J connectivity index is 2.48. The average molecular weight is 174 g/mol. The van der Waals surface area contributed by atoms with Crippen LogP contribution < -0.4 is 0 Å². The fourth-order valence-corrected chi connectivity index (χ4v) is 1.11. The maximum absolute atomic E-state index is 12.5. The first kappa shape index (κ1) is 8.91. The SMILES string of the molecule is N#CC(=O)N1CCC(F)(F)CC1. The summed E-state index contributed by atoms with van der Waals surface area (Å²) in [5.74, 6) is -3.38. The van der Waals surface area contributed by atoms with Crippen LogP contribution in [0.1, 0.15) is 12.8 Å². The van der Waals surface area contributed by atoms with Crippen molar-refractivity contribution in [2.24, 2.45) is 0 Å². The zero-order valence-electron chi connectivity index (χ0n) is 6.39. The van der Waals surface area contributed by atoms with Gasteiger partial charge >= 0.3 is 5.91 Å². The molecular weight excluding hydrogens is 166 g/mol. The van der Waals surface area contributed by atoms with Crippen molar-refractivity contribution in [2.45, 2.75) is 18.8 Å².